The van der Waals surface area contributed by atoms with E-state index in [9.17, 15) is 4.79 Å². The highest BCUT2D eigenvalue weighted by Crippen LogP contribution is 2.32. The van der Waals surface area contributed by atoms with Gasteiger partial charge in [0.15, 0.2) is 5.96 Å². The number of amides is 1. The van der Waals surface area contributed by atoms with Crippen molar-refractivity contribution >= 4 is 23.2 Å². The molecule has 0 aromatic heterocycles. The van der Waals surface area contributed by atoms with Crippen molar-refractivity contribution in [3.63, 3.8) is 0 Å². The molecule has 6 nitrogen and oxygen atoms in total. The highest BCUT2D eigenvalue weighted by Gasteiger charge is 2.24. The van der Waals surface area contributed by atoms with Gasteiger partial charge in [0.05, 0.1) is 19.3 Å². The number of guanidine groups is 1. The lowest BCUT2D eigenvalue weighted by Crippen LogP contribution is -2.27. The number of hydrogen-bond donors (Lipinski definition) is 3. The van der Waals surface area contributed by atoms with Crippen LogP contribution in [0.25, 0.3) is 0 Å². The number of nitrogens with zero attached hydrogens (tertiary/aromatic N) is 1. The Kier molecular flexibility index (Phi) is 4.65. The fraction of sp³-hybridized carbons (Fsp3) is 0.222. The molecule has 24 heavy (non-hydrogen) atoms. The molecule has 0 aliphatic carbocycles. The number of ether oxygens (including phenoxy) is 1. The van der Waals surface area contributed by atoms with Gasteiger partial charge in [-0.25, -0.2) is 0 Å². The summed E-state index contributed by atoms with van der Waals surface area (Å²) in [6.45, 7) is 0.443. The van der Waals surface area contributed by atoms with E-state index in [0.29, 0.717) is 24.7 Å². The summed E-state index contributed by atoms with van der Waals surface area (Å²) in [4.78, 5) is 16.2. The fourth-order valence-corrected chi connectivity index (χ4v) is 2.80. The Hall–Kier alpha value is -3.02. The van der Waals surface area contributed by atoms with E-state index in [0.717, 1.165) is 16.9 Å². The maximum Gasteiger partial charge on any atom is 0.225 e. The molecule has 0 fully saturated rings. The molecule has 1 amide bonds. The third-order valence-corrected chi connectivity index (χ3v) is 3.96. The maximum absolute atomic E-state index is 11.8. The van der Waals surface area contributed by atoms with Crippen molar-refractivity contribution in [1.29, 1.82) is 0 Å². The Labute approximate surface area is 140 Å². The van der Waals surface area contributed by atoms with Gasteiger partial charge in [0.2, 0.25) is 5.91 Å². The molecule has 2 aromatic carbocycles. The van der Waals surface area contributed by atoms with Crippen molar-refractivity contribution in [2.75, 3.05) is 24.3 Å². The van der Waals surface area contributed by atoms with Crippen molar-refractivity contribution in [3.8, 4) is 5.75 Å². The van der Waals surface area contributed by atoms with Gasteiger partial charge < -0.3 is 21.1 Å². The lowest BCUT2D eigenvalue weighted by Gasteiger charge is -2.24. The lowest BCUT2D eigenvalue weighted by atomic mass is 9.91. The molecule has 124 valence electrons. The zero-order valence-electron chi connectivity index (χ0n) is 13.5. The molecule has 1 aliphatic heterocycles. The summed E-state index contributed by atoms with van der Waals surface area (Å²) < 4.78 is 5.28. The van der Waals surface area contributed by atoms with Crippen LogP contribution >= 0.6 is 0 Å². The predicted molar refractivity (Wildman–Crippen MR) is 95.5 cm³/mol. The molecule has 1 atom stereocenters. The number of methoxy groups -OCH3 is 1. The molecule has 3 rings (SSSR count). The van der Waals surface area contributed by atoms with Gasteiger partial charge in [0.1, 0.15) is 5.75 Å². The van der Waals surface area contributed by atoms with E-state index in [4.69, 9.17) is 10.5 Å². The van der Waals surface area contributed by atoms with Crippen LogP contribution in [-0.4, -0.2) is 25.5 Å². The van der Waals surface area contributed by atoms with Crippen LogP contribution in [0.3, 0.4) is 0 Å². The number of nitrogens with one attached hydrogen (secondary N) is 2. The molecule has 0 spiro atoms. The molecule has 1 aliphatic rings. The standard InChI is InChI=1S/C18H20N4O2/c1-24-16-9-5-4-8-15(16)22-18(19)20-11-12-10-17(23)21-14-7-3-2-6-13(12)14/h2-9,12H,10-11H2,1H3,(H,21,23)(H3,19,20,22). The maximum atomic E-state index is 11.8. The Morgan fingerprint density at radius 1 is 1.29 bits per heavy atom. The first kappa shape index (κ1) is 15.9. The second-order valence-electron chi connectivity index (χ2n) is 5.59. The van der Waals surface area contributed by atoms with Gasteiger partial charge in [0.25, 0.3) is 0 Å². The average molecular weight is 324 g/mol. The molecular weight excluding hydrogens is 304 g/mol. The predicted octanol–water partition coefficient (Wildman–Crippen LogP) is 2.55. The second kappa shape index (κ2) is 7.04. The van der Waals surface area contributed by atoms with Crippen molar-refractivity contribution in [2.45, 2.75) is 12.3 Å². The Morgan fingerprint density at radius 3 is 2.88 bits per heavy atom. The molecule has 0 saturated carbocycles. The van der Waals surface area contributed by atoms with Crippen LogP contribution in [0.15, 0.2) is 53.5 Å². The summed E-state index contributed by atoms with van der Waals surface area (Å²) in [5.74, 6) is 1.01. The highest BCUT2D eigenvalue weighted by atomic mass is 16.5. The average Bonchev–Trinajstić information content (AvgIpc) is 2.60. The van der Waals surface area contributed by atoms with Gasteiger partial charge in [-0.2, -0.15) is 0 Å². The van der Waals surface area contributed by atoms with Crippen molar-refractivity contribution < 1.29 is 9.53 Å². The van der Waals surface area contributed by atoms with Crippen LogP contribution in [-0.2, 0) is 4.79 Å². The molecule has 1 unspecified atom stereocenters. The van der Waals surface area contributed by atoms with Gasteiger partial charge >= 0.3 is 0 Å². The number of carbonyl (C=O) groups excluding carboxylic acids is 1. The SMILES string of the molecule is COc1ccccc1NC(N)=NCC1CC(=O)Nc2ccccc21. The summed E-state index contributed by atoms with van der Waals surface area (Å²) in [7, 11) is 1.60. The third kappa shape index (κ3) is 3.48. The molecule has 0 bridgehead atoms. The lowest BCUT2D eigenvalue weighted by molar-refractivity contribution is -0.116. The summed E-state index contributed by atoms with van der Waals surface area (Å²) >= 11 is 0. The number of para-hydroxylation sites is 3. The largest absolute Gasteiger partial charge is 0.495 e. The summed E-state index contributed by atoms with van der Waals surface area (Å²) in [5, 5.41) is 5.92. The van der Waals surface area contributed by atoms with E-state index in [1.54, 1.807) is 7.11 Å². The smallest absolute Gasteiger partial charge is 0.225 e. The fourth-order valence-electron chi connectivity index (χ4n) is 2.80. The van der Waals surface area contributed by atoms with Crippen molar-refractivity contribution in [3.05, 3.63) is 54.1 Å². The van der Waals surface area contributed by atoms with Crippen LogP contribution < -0.4 is 21.1 Å². The minimum absolute atomic E-state index is 0.00478. The Balaban J connectivity index is 1.72. The van der Waals surface area contributed by atoms with E-state index < -0.39 is 0 Å². The van der Waals surface area contributed by atoms with Gasteiger partial charge in [-0.1, -0.05) is 30.3 Å². The molecule has 6 heteroatoms. The first-order chi connectivity index (χ1) is 11.7. The van der Waals surface area contributed by atoms with E-state index in [2.05, 4.69) is 15.6 Å². The first-order valence-electron chi connectivity index (χ1n) is 7.76. The first-order valence-corrected chi connectivity index (χ1v) is 7.76. The number of benzene rings is 2. The minimum atomic E-state index is 0.00478. The zero-order chi connectivity index (χ0) is 16.9. The summed E-state index contributed by atoms with van der Waals surface area (Å²) in [6.07, 6.45) is 0.405. The van der Waals surface area contributed by atoms with Crippen LogP contribution in [0.1, 0.15) is 17.9 Å². The molecule has 4 N–H and O–H groups in total. The number of hydrogen-bond acceptors (Lipinski definition) is 3. The minimum Gasteiger partial charge on any atom is -0.495 e. The monoisotopic (exact) mass is 324 g/mol. The number of nitrogens with two attached hydrogens (primary N) is 1. The zero-order valence-corrected chi connectivity index (χ0v) is 13.5. The molecular formula is C18H20N4O2. The normalized spacial score (nSPS) is 17.0. The molecule has 0 radical (unpaired) electrons. The van der Waals surface area contributed by atoms with E-state index in [1.807, 2.05) is 48.5 Å². The molecule has 1 heterocycles. The van der Waals surface area contributed by atoms with E-state index in [1.165, 1.54) is 0 Å². The molecule has 0 saturated heterocycles. The van der Waals surface area contributed by atoms with Gasteiger partial charge in [0, 0.05) is 18.0 Å². The van der Waals surface area contributed by atoms with Crippen LogP contribution in [0.5, 0.6) is 5.75 Å². The van der Waals surface area contributed by atoms with Crippen LogP contribution in [0, 0.1) is 0 Å². The van der Waals surface area contributed by atoms with E-state index in [-0.39, 0.29) is 11.8 Å². The second-order valence-corrected chi connectivity index (χ2v) is 5.59. The third-order valence-electron chi connectivity index (χ3n) is 3.96. The van der Waals surface area contributed by atoms with Crippen molar-refractivity contribution in [2.24, 2.45) is 10.7 Å². The number of rotatable bonds is 4. The Morgan fingerprint density at radius 2 is 2.04 bits per heavy atom. The van der Waals surface area contributed by atoms with E-state index >= 15 is 0 Å². The number of carbonyl (C=O) groups is 1. The number of anilines is 2. The number of fused-ring (bicyclic) bond motifs is 1. The number of aliphatic imine (C=N–C) groups is 1. The van der Waals surface area contributed by atoms with Crippen LogP contribution in [0.2, 0.25) is 0 Å². The summed E-state index contributed by atoms with van der Waals surface area (Å²) in [5.41, 5.74) is 8.68. The highest BCUT2D eigenvalue weighted by molar-refractivity contribution is 5.95. The van der Waals surface area contributed by atoms with Crippen LogP contribution in [0.4, 0.5) is 11.4 Å². The van der Waals surface area contributed by atoms with Gasteiger partial charge in [-0.3, -0.25) is 9.79 Å². The topological polar surface area (TPSA) is 88.7 Å². The van der Waals surface area contributed by atoms with Gasteiger partial charge in [-0.05, 0) is 23.8 Å². The Bertz CT molecular complexity index is 773. The quantitative estimate of drug-likeness (QED) is 0.595. The summed E-state index contributed by atoms with van der Waals surface area (Å²) in [6, 6.07) is 15.3. The van der Waals surface area contributed by atoms with Crippen molar-refractivity contribution in [1.82, 2.24) is 0 Å². The van der Waals surface area contributed by atoms with Gasteiger partial charge in [-0.15, -0.1) is 0 Å². The molecule has 2 aromatic rings.